The maximum absolute atomic E-state index is 10.9. The fourth-order valence-corrected chi connectivity index (χ4v) is 1.83. The average molecular weight is 140 g/mol. The lowest BCUT2D eigenvalue weighted by Crippen LogP contribution is -2.41. The quantitative estimate of drug-likeness (QED) is 0.475. The second-order valence-corrected chi connectivity index (χ2v) is 3.13. The summed E-state index contributed by atoms with van der Waals surface area (Å²) in [4.78, 5) is 10.9. The van der Waals surface area contributed by atoms with Crippen molar-refractivity contribution in [2.45, 2.75) is 18.9 Å². The summed E-state index contributed by atoms with van der Waals surface area (Å²) in [5.74, 6) is 0.806. The van der Waals surface area contributed by atoms with E-state index in [-0.39, 0.29) is 5.91 Å². The zero-order valence-electron chi connectivity index (χ0n) is 5.89. The molecule has 0 saturated carbocycles. The van der Waals surface area contributed by atoms with Crippen LogP contribution in [0.25, 0.3) is 0 Å². The van der Waals surface area contributed by atoms with Crippen LogP contribution in [0.5, 0.6) is 0 Å². The summed E-state index contributed by atoms with van der Waals surface area (Å²) >= 11 is 0. The van der Waals surface area contributed by atoms with Gasteiger partial charge in [-0.3, -0.25) is 4.79 Å². The number of fused-ring (bicyclic) bond motifs is 1. The molecule has 3 heteroatoms. The second kappa shape index (κ2) is 2.23. The van der Waals surface area contributed by atoms with Crippen molar-refractivity contribution in [3.05, 3.63) is 0 Å². The molecule has 2 rings (SSSR count). The third-order valence-corrected chi connectivity index (χ3v) is 2.40. The van der Waals surface area contributed by atoms with Crippen molar-refractivity contribution in [3.63, 3.8) is 0 Å². The van der Waals surface area contributed by atoms with E-state index < -0.39 is 0 Å². The number of rotatable bonds is 0. The fraction of sp³-hybridized carbons (Fsp3) is 0.857. The van der Waals surface area contributed by atoms with Crippen molar-refractivity contribution in [1.82, 2.24) is 10.6 Å². The highest BCUT2D eigenvalue weighted by molar-refractivity contribution is 5.79. The van der Waals surface area contributed by atoms with Gasteiger partial charge in [0.1, 0.15) is 0 Å². The molecule has 0 bridgehead atoms. The molecule has 0 aliphatic carbocycles. The molecule has 1 amide bonds. The molecule has 2 atom stereocenters. The van der Waals surface area contributed by atoms with Crippen LogP contribution in [0, 0.1) is 5.92 Å². The molecule has 10 heavy (non-hydrogen) atoms. The summed E-state index contributed by atoms with van der Waals surface area (Å²) in [5.41, 5.74) is 0. The SMILES string of the molecule is O=C1C[C@@H]2CNCC[C@H]2N1. The Kier molecular flexibility index (Phi) is 1.38. The van der Waals surface area contributed by atoms with Gasteiger partial charge in [-0.2, -0.15) is 0 Å². The molecule has 0 radical (unpaired) electrons. The predicted molar refractivity (Wildman–Crippen MR) is 37.5 cm³/mol. The topological polar surface area (TPSA) is 41.1 Å². The molecule has 56 valence electrons. The molecule has 0 aromatic heterocycles. The van der Waals surface area contributed by atoms with Crippen molar-refractivity contribution in [2.24, 2.45) is 5.92 Å². The molecular weight excluding hydrogens is 128 g/mol. The summed E-state index contributed by atoms with van der Waals surface area (Å²) < 4.78 is 0. The highest BCUT2D eigenvalue weighted by Gasteiger charge is 2.33. The molecule has 2 fully saturated rings. The van der Waals surface area contributed by atoms with Crippen molar-refractivity contribution >= 4 is 5.91 Å². The van der Waals surface area contributed by atoms with Crippen LogP contribution < -0.4 is 10.6 Å². The largest absolute Gasteiger partial charge is 0.353 e. The van der Waals surface area contributed by atoms with Crippen LogP contribution in [-0.2, 0) is 4.79 Å². The van der Waals surface area contributed by atoms with E-state index in [1.807, 2.05) is 0 Å². The number of hydrogen-bond acceptors (Lipinski definition) is 2. The van der Waals surface area contributed by atoms with Crippen LogP contribution in [-0.4, -0.2) is 25.0 Å². The molecule has 2 N–H and O–H groups in total. The molecule has 2 aliphatic rings. The Morgan fingerprint density at radius 2 is 2.40 bits per heavy atom. The number of hydrogen-bond donors (Lipinski definition) is 2. The van der Waals surface area contributed by atoms with Crippen LogP contribution in [0.15, 0.2) is 0 Å². The zero-order valence-corrected chi connectivity index (χ0v) is 5.89. The summed E-state index contributed by atoms with van der Waals surface area (Å²) in [6, 6.07) is 0.480. The fourth-order valence-electron chi connectivity index (χ4n) is 1.83. The molecule has 0 spiro atoms. The van der Waals surface area contributed by atoms with Gasteiger partial charge >= 0.3 is 0 Å². The minimum absolute atomic E-state index is 0.235. The minimum Gasteiger partial charge on any atom is -0.353 e. The van der Waals surface area contributed by atoms with Gasteiger partial charge in [0.05, 0.1) is 0 Å². The maximum Gasteiger partial charge on any atom is 0.220 e. The van der Waals surface area contributed by atoms with Gasteiger partial charge in [-0.15, -0.1) is 0 Å². The van der Waals surface area contributed by atoms with Crippen molar-refractivity contribution in [1.29, 1.82) is 0 Å². The Morgan fingerprint density at radius 3 is 3.20 bits per heavy atom. The average Bonchev–Trinajstić information content (AvgIpc) is 2.27. The number of carbonyl (C=O) groups is 1. The first kappa shape index (κ1) is 6.16. The van der Waals surface area contributed by atoms with Gasteiger partial charge in [0.2, 0.25) is 5.91 Å². The molecule has 0 unspecified atom stereocenters. The first-order valence-corrected chi connectivity index (χ1v) is 3.86. The van der Waals surface area contributed by atoms with Gasteiger partial charge in [-0.25, -0.2) is 0 Å². The summed E-state index contributed by atoms with van der Waals surface area (Å²) in [6.07, 6.45) is 1.84. The number of piperidine rings is 1. The third-order valence-electron chi connectivity index (χ3n) is 2.40. The van der Waals surface area contributed by atoms with E-state index >= 15 is 0 Å². The molecular formula is C7H12N2O. The predicted octanol–water partition coefficient (Wildman–Crippen LogP) is -0.516. The van der Waals surface area contributed by atoms with Crippen LogP contribution in [0.3, 0.4) is 0 Å². The lowest BCUT2D eigenvalue weighted by molar-refractivity contribution is -0.119. The van der Waals surface area contributed by atoms with Crippen molar-refractivity contribution in [3.8, 4) is 0 Å². The molecule has 0 aromatic rings. The number of carbonyl (C=O) groups excluding carboxylic acids is 1. The summed E-state index contributed by atoms with van der Waals surface area (Å²) in [5, 5.41) is 6.26. The van der Waals surface area contributed by atoms with E-state index in [9.17, 15) is 4.79 Å². The highest BCUT2D eigenvalue weighted by Crippen LogP contribution is 2.20. The molecule has 2 saturated heterocycles. The Morgan fingerprint density at radius 1 is 1.50 bits per heavy atom. The number of nitrogens with one attached hydrogen (secondary N) is 2. The Hall–Kier alpha value is -0.570. The maximum atomic E-state index is 10.9. The van der Waals surface area contributed by atoms with E-state index in [4.69, 9.17) is 0 Å². The Balaban J connectivity index is 2.04. The van der Waals surface area contributed by atoms with Crippen LogP contribution in [0.1, 0.15) is 12.8 Å². The van der Waals surface area contributed by atoms with Gasteiger partial charge < -0.3 is 10.6 Å². The van der Waals surface area contributed by atoms with Gasteiger partial charge in [0.25, 0.3) is 0 Å². The first-order valence-electron chi connectivity index (χ1n) is 3.86. The minimum atomic E-state index is 0.235. The smallest absolute Gasteiger partial charge is 0.220 e. The number of amides is 1. The third kappa shape index (κ3) is 0.904. The standard InChI is InChI=1S/C7H12N2O/c10-7-3-5-4-8-2-1-6(5)9-7/h5-6,8H,1-4H2,(H,9,10)/t5-,6-/m1/s1. The summed E-state index contributed by atoms with van der Waals surface area (Å²) in [7, 11) is 0. The van der Waals surface area contributed by atoms with Gasteiger partial charge in [-0.1, -0.05) is 0 Å². The van der Waals surface area contributed by atoms with Crippen LogP contribution in [0.2, 0.25) is 0 Å². The Labute approximate surface area is 60.2 Å². The van der Waals surface area contributed by atoms with E-state index in [1.165, 1.54) is 0 Å². The van der Waals surface area contributed by atoms with E-state index in [0.29, 0.717) is 12.0 Å². The van der Waals surface area contributed by atoms with Crippen molar-refractivity contribution < 1.29 is 4.79 Å². The van der Waals surface area contributed by atoms with E-state index in [0.717, 1.165) is 25.9 Å². The second-order valence-electron chi connectivity index (χ2n) is 3.13. The summed E-state index contributed by atoms with van der Waals surface area (Å²) in [6.45, 7) is 2.07. The lowest BCUT2D eigenvalue weighted by atomic mass is 9.95. The monoisotopic (exact) mass is 140 g/mol. The first-order chi connectivity index (χ1) is 4.86. The van der Waals surface area contributed by atoms with Gasteiger partial charge in [0, 0.05) is 24.9 Å². The normalized spacial score (nSPS) is 39.0. The van der Waals surface area contributed by atoms with E-state index in [2.05, 4.69) is 10.6 Å². The van der Waals surface area contributed by atoms with Crippen molar-refractivity contribution in [2.75, 3.05) is 13.1 Å². The Bertz CT molecular complexity index is 142. The molecule has 2 heterocycles. The lowest BCUT2D eigenvalue weighted by Gasteiger charge is -2.24. The molecule has 0 aromatic carbocycles. The van der Waals surface area contributed by atoms with Gasteiger partial charge in [0.15, 0.2) is 0 Å². The van der Waals surface area contributed by atoms with Gasteiger partial charge in [-0.05, 0) is 13.0 Å². The van der Waals surface area contributed by atoms with E-state index in [1.54, 1.807) is 0 Å². The zero-order chi connectivity index (χ0) is 6.97. The molecule has 3 nitrogen and oxygen atoms in total. The van der Waals surface area contributed by atoms with Crippen LogP contribution in [0.4, 0.5) is 0 Å². The van der Waals surface area contributed by atoms with Crippen LogP contribution >= 0.6 is 0 Å². The highest BCUT2D eigenvalue weighted by atomic mass is 16.2. The molecule has 2 aliphatic heterocycles.